The Morgan fingerprint density at radius 3 is 2.55 bits per heavy atom. The van der Waals surface area contributed by atoms with Gasteiger partial charge in [0.25, 0.3) is 0 Å². The molecule has 1 unspecified atom stereocenters. The van der Waals surface area contributed by atoms with Gasteiger partial charge in [-0.25, -0.2) is 8.78 Å². The molecule has 0 fully saturated rings. The van der Waals surface area contributed by atoms with E-state index in [1.54, 1.807) is 17.4 Å². The molecule has 1 aromatic heterocycles. The van der Waals surface area contributed by atoms with Crippen LogP contribution < -0.4 is 5.32 Å². The average Bonchev–Trinajstić information content (AvgIpc) is 2.87. The largest absolute Gasteiger partial charge is 0.378 e. The summed E-state index contributed by atoms with van der Waals surface area (Å²) in [5, 5.41) is 4.39. The highest BCUT2D eigenvalue weighted by Crippen LogP contribution is 2.31. The monoisotopic (exact) mass is 289 g/mol. The lowest BCUT2D eigenvalue weighted by atomic mass is 10.2. The van der Waals surface area contributed by atoms with Crippen LogP contribution in [0.3, 0.4) is 0 Å². The normalized spacial score (nSPS) is 12.6. The first-order valence-corrected chi connectivity index (χ1v) is 7.15. The lowest BCUT2D eigenvalue weighted by Crippen LogP contribution is -2.05. The van der Waals surface area contributed by atoms with E-state index in [0.29, 0.717) is 5.69 Å². The van der Waals surface area contributed by atoms with Crippen LogP contribution in [0.2, 0.25) is 0 Å². The first kappa shape index (κ1) is 13.1. The molecule has 0 radical (unpaired) electrons. The fourth-order valence-electron chi connectivity index (χ4n) is 2.12. The maximum atomic E-state index is 13.2. The molecule has 1 atom stereocenters. The van der Waals surface area contributed by atoms with Crippen LogP contribution >= 0.6 is 11.3 Å². The van der Waals surface area contributed by atoms with E-state index < -0.39 is 11.6 Å². The molecule has 0 aliphatic rings. The summed E-state index contributed by atoms with van der Waals surface area (Å²) in [6.07, 6.45) is 0. The van der Waals surface area contributed by atoms with Crippen molar-refractivity contribution in [3.8, 4) is 0 Å². The number of halogens is 2. The van der Waals surface area contributed by atoms with Crippen molar-refractivity contribution in [2.75, 3.05) is 5.32 Å². The minimum Gasteiger partial charge on any atom is -0.378 e. The third kappa shape index (κ3) is 2.51. The molecule has 0 spiro atoms. The van der Waals surface area contributed by atoms with E-state index >= 15 is 0 Å². The fraction of sp³-hybridized carbons (Fsp3) is 0.125. The van der Waals surface area contributed by atoms with Crippen LogP contribution in [0, 0.1) is 11.6 Å². The molecule has 0 bridgehead atoms. The average molecular weight is 289 g/mol. The summed E-state index contributed by atoms with van der Waals surface area (Å²) < 4.78 is 27.3. The second-order valence-electron chi connectivity index (χ2n) is 4.68. The molecule has 102 valence electrons. The van der Waals surface area contributed by atoms with Crippen molar-refractivity contribution in [1.82, 2.24) is 0 Å². The second kappa shape index (κ2) is 5.21. The van der Waals surface area contributed by atoms with Crippen molar-refractivity contribution >= 4 is 27.1 Å². The molecule has 0 amide bonds. The third-order valence-electron chi connectivity index (χ3n) is 3.17. The Morgan fingerprint density at radius 1 is 1.00 bits per heavy atom. The Labute approximate surface area is 119 Å². The number of hydrogen-bond acceptors (Lipinski definition) is 2. The van der Waals surface area contributed by atoms with E-state index in [9.17, 15) is 8.78 Å². The number of anilines is 1. The van der Waals surface area contributed by atoms with E-state index in [1.165, 1.54) is 16.2 Å². The lowest BCUT2D eigenvalue weighted by molar-refractivity contribution is 0.509. The van der Waals surface area contributed by atoms with Gasteiger partial charge >= 0.3 is 0 Å². The zero-order valence-corrected chi connectivity index (χ0v) is 11.7. The van der Waals surface area contributed by atoms with Crippen molar-refractivity contribution in [1.29, 1.82) is 0 Å². The number of rotatable bonds is 3. The van der Waals surface area contributed by atoms with E-state index in [0.717, 1.165) is 10.9 Å². The zero-order chi connectivity index (χ0) is 14.1. The van der Waals surface area contributed by atoms with Crippen LogP contribution in [0.25, 0.3) is 10.1 Å². The molecule has 3 rings (SSSR count). The zero-order valence-electron chi connectivity index (χ0n) is 10.9. The predicted octanol–water partition coefficient (Wildman–Crippen LogP) is 5.35. The van der Waals surface area contributed by atoms with Crippen LogP contribution in [-0.2, 0) is 0 Å². The Kier molecular flexibility index (Phi) is 3.40. The summed E-state index contributed by atoms with van der Waals surface area (Å²) in [6, 6.07) is 14.2. The van der Waals surface area contributed by atoms with Crippen molar-refractivity contribution in [3.05, 3.63) is 65.0 Å². The molecule has 1 nitrogen and oxygen atoms in total. The molecule has 0 saturated carbocycles. The minimum absolute atomic E-state index is 0.0391. The van der Waals surface area contributed by atoms with Crippen LogP contribution in [0.4, 0.5) is 14.5 Å². The van der Waals surface area contributed by atoms with Gasteiger partial charge in [0.15, 0.2) is 11.6 Å². The van der Waals surface area contributed by atoms with Gasteiger partial charge in [-0.05, 0) is 36.6 Å². The van der Waals surface area contributed by atoms with Crippen molar-refractivity contribution in [3.63, 3.8) is 0 Å². The van der Waals surface area contributed by atoms with Gasteiger partial charge in [0, 0.05) is 21.3 Å². The molecule has 1 N–H and O–H groups in total. The quantitative estimate of drug-likeness (QED) is 0.685. The number of fused-ring (bicyclic) bond motifs is 1. The van der Waals surface area contributed by atoms with Crippen LogP contribution in [0.5, 0.6) is 0 Å². The molecule has 20 heavy (non-hydrogen) atoms. The van der Waals surface area contributed by atoms with Crippen molar-refractivity contribution in [2.24, 2.45) is 0 Å². The molecule has 2 aromatic carbocycles. The Bertz CT molecular complexity index is 718. The van der Waals surface area contributed by atoms with Gasteiger partial charge in [-0.1, -0.05) is 18.2 Å². The summed E-state index contributed by atoms with van der Waals surface area (Å²) in [7, 11) is 0. The molecular weight excluding hydrogens is 276 g/mol. The molecular formula is C16H13F2NS. The number of nitrogens with one attached hydrogen (secondary N) is 1. The summed E-state index contributed by atoms with van der Waals surface area (Å²) in [5.74, 6) is -1.66. The minimum atomic E-state index is -0.835. The Hall–Kier alpha value is -1.94. The van der Waals surface area contributed by atoms with Gasteiger partial charge < -0.3 is 5.32 Å². The Balaban J connectivity index is 1.84. The van der Waals surface area contributed by atoms with E-state index in [-0.39, 0.29) is 6.04 Å². The topological polar surface area (TPSA) is 12.0 Å². The van der Waals surface area contributed by atoms with Crippen molar-refractivity contribution in [2.45, 2.75) is 13.0 Å². The van der Waals surface area contributed by atoms with Gasteiger partial charge in [0.05, 0.1) is 6.04 Å². The van der Waals surface area contributed by atoms with Crippen LogP contribution in [-0.4, -0.2) is 0 Å². The molecule has 4 heteroatoms. The van der Waals surface area contributed by atoms with Gasteiger partial charge in [-0.2, -0.15) is 0 Å². The lowest BCUT2D eigenvalue weighted by Gasteiger charge is -2.13. The maximum Gasteiger partial charge on any atom is 0.160 e. The number of benzene rings is 2. The molecule has 3 aromatic rings. The predicted molar refractivity (Wildman–Crippen MR) is 80.2 cm³/mol. The smallest absolute Gasteiger partial charge is 0.160 e. The standard InChI is InChI=1S/C16H13F2NS/c1-10(19-12-6-7-13(17)14(18)9-12)16-8-11-4-2-3-5-15(11)20-16/h2-10,19H,1H3. The Morgan fingerprint density at radius 2 is 1.80 bits per heavy atom. The van der Waals surface area contributed by atoms with Gasteiger partial charge in [0.1, 0.15) is 0 Å². The third-order valence-corrected chi connectivity index (χ3v) is 4.47. The molecule has 0 saturated heterocycles. The van der Waals surface area contributed by atoms with Crippen LogP contribution in [0.15, 0.2) is 48.5 Å². The highest BCUT2D eigenvalue weighted by molar-refractivity contribution is 7.19. The maximum absolute atomic E-state index is 13.2. The van der Waals surface area contributed by atoms with Gasteiger partial charge in [0.2, 0.25) is 0 Å². The van der Waals surface area contributed by atoms with E-state index in [2.05, 4.69) is 23.5 Å². The first-order valence-electron chi connectivity index (χ1n) is 6.33. The highest BCUT2D eigenvalue weighted by atomic mass is 32.1. The second-order valence-corrected chi connectivity index (χ2v) is 5.80. The summed E-state index contributed by atoms with van der Waals surface area (Å²) in [6.45, 7) is 2.01. The van der Waals surface area contributed by atoms with Crippen molar-refractivity contribution < 1.29 is 8.78 Å². The summed E-state index contributed by atoms with van der Waals surface area (Å²) >= 11 is 1.70. The number of hydrogen-bond donors (Lipinski definition) is 1. The van der Waals surface area contributed by atoms with E-state index in [4.69, 9.17) is 0 Å². The molecule has 0 aliphatic heterocycles. The van der Waals surface area contributed by atoms with Crippen LogP contribution in [0.1, 0.15) is 17.8 Å². The summed E-state index contributed by atoms with van der Waals surface area (Å²) in [5.41, 5.74) is 0.578. The first-order chi connectivity index (χ1) is 9.63. The molecule has 1 heterocycles. The highest BCUT2D eigenvalue weighted by Gasteiger charge is 2.10. The fourth-order valence-corrected chi connectivity index (χ4v) is 3.19. The SMILES string of the molecule is CC(Nc1ccc(F)c(F)c1)c1cc2ccccc2s1. The molecule has 0 aliphatic carbocycles. The van der Waals surface area contributed by atoms with E-state index in [1.807, 2.05) is 19.1 Å². The van der Waals surface area contributed by atoms with Gasteiger partial charge in [-0.3, -0.25) is 0 Å². The van der Waals surface area contributed by atoms with Gasteiger partial charge in [-0.15, -0.1) is 11.3 Å². The number of thiophene rings is 1. The summed E-state index contributed by atoms with van der Waals surface area (Å²) in [4.78, 5) is 1.16.